The fraction of sp³-hybridized carbons (Fsp3) is 0.474. The molecule has 0 N–H and O–H groups in total. The van der Waals surface area contributed by atoms with Gasteiger partial charge in [0.1, 0.15) is 6.61 Å². The number of piperidine rings is 1. The van der Waals surface area contributed by atoms with Gasteiger partial charge in [0, 0.05) is 36.5 Å². The molecule has 1 amide bonds. The van der Waals surface area contributed by atoms with Gasteiger partial charge >= 0.3 is 0 Å². The predicted molar refractivity (Wildman–Crippen MR) is 94.0 cm³/mol. The Labute approximate surface area is 148 Å². The molecule has 1 heterocycles. The maximum absolute atomic E-state index is 12.2. The minimum Gasteiger partial charge on any atom is -0.369 e. The smallest absolute Gasteiger partial charge is 0.223 e. The van der Waals surface area contributed by atoms with Crippen molar-refractivity contribution in [3.8, 4) is 12.3 Å². The van der Waals surface area contributed by atoms with Gasteiger partial charge in [-0.25, -0.2) is 0 Å². The van der Waals surface area contributed by atoms with Gasteiger partial charge in [-0.2, -0.15) is 0 Å². The first-order chi connectivity index (χ1) is 11.6. The van der Waals surface area contributed by atoms with Crippen LogP contribution in [0.1, 0.15) is 36.0 Å². The summed E-state index contributed by atoms with van der Waals surface area (Å²) in [6, 6.07) is 6.75. The minimum absolute atomic E-state index is 0.0300. The van der Waals surface area contributed by atoms with Crippen molar-refractivity contribution in [3.63, 3.8) is 0 Å². The topological polar surface area (TPSA) is 46.6 Å². The van der Waals surface area contributed by atoms with E-state index in [1.807, 2.05) is 4.90 Å². The number of ether oxygens (including phenoxy) is 1. The van der Waals surface area contributed by atoms with Crippen molar-refractivity contribution in [1.82, 2.24) is 4.90 Å². The molecule has 2 rings (SSSR count). The molecule has 0 radical (unpaired) electrons. The first kappa shape index (κ1) is 18.5. The molecule has 1 saturated heterocycles. The second kappa shape index (κ2) is 9.46. The maximum Gasteiger partial charge on any atom is 0.223 e. The van der Waals surface area contributed by atoms with E-state index < -0.39 is 0 Å². The standard InChI is InChI=1S/C19H22ClNO3/c1-2-13-24-14-15-9-11-21(12-10-15)19(23)8-7-18(22)16-3-5-17(20)6-4-16/h1,3-6,15H,7-14H2. The van der Waals surface area contributed by atoms with Crippen LogP contribution in [0.3, 0.4) is 0 Å². The van der Waals surface area contributed by atoms with Crippen LogP contribution >= 0.6 is 11.6 Å². The molecule has 0 spiro atoms. The molecule has 5 heteroatoms. The number of hydrogen-bond acceptors (Lipinski definition) is 3. The van der Waals surface area contributed by atoms with Crippen LogP contribution in [0, 0.1) is 18.3 Å². The Hall–Kier alpha value is -1.83. The van der Waals surface area contributed by atoms with Crippen molar-refractivity contribution in [2.75, 3.05) is 26.3 Å². The highest BCUT2D eigenvalue weighted by Gasteiger charge is 2.23. The van der Waals surface area contributed by atoms with Crippen LogP contribution < -0.4 is 0 Å². The number of Topliss-reactive ketones (excluding diaryl/α,β-unsaturated/α-hetero) is 1. The summed E-state index contributed by atoms with van der Waals surface area (Å²) in [6.07, 6.45) is 7.46. The number of rotatable bonds is 7. The van der Waals surface area contributed by atoms with E-state index in [1.54, 1.807) is 24.3 Å². The highest BCUT2D eigenvalue weighted by Crippen LogP contribution is 2.19. The lowest BCUT2D eigenvalue weighted by atomic mass is 9.97. The Bertz CT molecular complexity index is 598. The lowest BCUT2D eigenvalue weighted by Crippen LogP contribution is -2.39. The molecule has 0 bridgehead atoms. The van der Waals surface area contributed by atoms with Crippen LogP contribution in [0.15, 0.2) is 24.3 Å². The monoisotopic (exact) mass is 347 g/mol. The number of ketones is 1. The number of nitrogens with zero attached hydrogens (tertiary/aromatic N) is 1. The maximum atomic E-state index is 12.2. The summed E-state index contributed by atoms with van der Waals surface area (Å²) in [7, 11) is 0. The second-order valence-corrected chi connectivity index (χ2v) is 6.41. The fourth-order valence-electron chi connectivity index (χ4n) is 2.79. The van der Waals surface area contributed by atoms with Crippen molar-refractivity contribution < 1.29 is 14.3 Å². The van der Waals surface area contributed by atoms with Gasteiger partial charge in [-0.15, -0.1) is 6.42 Å². The number of carbonyl (C=O) groups is 2. The summed E-state index contributed by atoms with van der Waals surface area (Å²) < 4.78 is 5.36. The third kappa shape index (κ3) is 5.67. The van der Waals surface area contributed by atoms with E-state index in [0.717, 1.165) is 25.9 Å². The molecule has 4 nitrogen and oxygen atoms in total. The van der Waals surface area contributed by atoms with Gasteiger partial charge < -0.3 is 9.64 Å². The molecule has 1 aliphatic rings. The lowest BCUT2D eigenvalue weighted by Gasteiger charge is -2.31. The Balaban J connectivity index is 1.71. The molecule has 1 aromatic carbocycles. The fourth-order valence-corrected chi connectivity index (χ4v) is 2.92. The van der Waals surface area contributed by atoms with E-state index in [4.69, 9.17) is 22.8 Å². The number of amides is 1. The number of terminal acetylenes is 1. The second-order valence-electron chi connectivity index (χ2n) is 5.97. The van der Waals surface area contributed by atoms with Crippen LogP contribution in [-0.4, -0.2) is 42.9 Å². The molecule has 1 aliphatic heterocycles. The number of halogens is 1. The van der Waals surface area contributed by atoms with Crippen LogP contribution in [-0.2, 0) is 9.53 Å². The number of hydrogen-bond donors (Lipinski definition) is 0. The van der Waals surface area contributed by atoms with Crippen LogP contribution in [0.2, 0.25) is 5.02 Å². The first-order valence-electron chi connectivity index (χ1n) is 8.18. The Morgan fingerprint density at radius 3 is 2.50 bits per heavy atom. The SMILES string of the molecule is C#CCOCC1CCN(C(=O)CCC(=O)c2ccc(Cl)cc2)CC1. The number of benzene rings is 1. The highest BCUT2D eigenvalue weighted by molar-refractivity contribution is 6.30. The zero-order valence-electron chi connectivity index (χ0n) is 13.7. The van der Waals surface area contributed by atoms with E-state index >= 15 is 0 Å². The third-order valence-corrected chi connectivity index (χ3v) is 4.49. The largest absolute Gasteiger partial charge is 0.369 e. The third-order valence-electron chi connectivity index (χ3n) is 4.24. The Kier molecular flexibility index (Phi) is 7.30. The number of likely N-dealkylation sites (tertiary alicyclic amines) is 1. The van der Waals surface area contributed by atoms with E-state index in [1.165, 1.54) is 0 Å². The summed E-state index contributed by atoms with van der Waals surface area (Å²) in [5, 5.41) is 0.594. The summed E-state index contributed by atoms with van der Waals surface area (Å²) in [6.45, 7) is 2.43. The van der Waals surface area contributed by atoms with Gasteiger partial charge in [-0.3, -0.25) is 9.59 Å². The van der Waals surface area contributed by atoms with Crippen molar-refractivity contribution in [2.45, 2.75) is 25.7 Å². The Morgan fingerprint density at radius 1 is 1.21 bits per heavy atom. The van der Waals surface area contributed by atoms with Crippen molar-refractivity contribution in [3.05, 3.63) is 34.9 Å². The molecule has 0 aliphatic carbocycles. The average Bonchev–Trinajstić information content (AvgIpc) is 2.61. The van der Waals surface area contributed by atoms with E-state index in [9.17, 15) is 9.59 Å². The summed E-state index contributed by atoms with van der Waals surface area (Å²) in [4.78, 5) is 26.2. The minimum atomic E-state index is -0.0300. The number of carbonyl (C=O) groups excluding carboxylic acids is 2. The molecule has 0 unspecified atom stereocenters. The summed E-state index contributed by atoms with van der Waals surface area (Å²) >= 11 is 5.81. The average molecular weight is 348 g/mol. The normalized spacial score (nSPS) is 15.1. The van der Waals surface area contributed by atoms with E-state index in [0.29, 0.717) is 29.7 Å². The van der Waals surface area contributed by atoms with Gasteiger partial charge in [-0.1, -0.05) is 17.5 Å². The molecule has 1 aromatic rings. The van der Waals surface area contributed by atoms with Crippen LogP contribution in [0.25, 0.3) is 0 Å². The highest BCUT2D eigenvalue weighted by atomic mass is 35.5. The quantitative estimate of drug-likeness (QED) is 0.432. The first-order valence-corrected chi connectivity index (χ1v) is 8.55. The van der Waals surface area contributed by atoms with Gasteiger partial charge in [0.15, 0.2) is 5.78 Å². The van der Waals surface area contributed by atoms with Crippen molar-refractivity contribution in [2.24, 2.45) is 5.92 Å². The Morgan fingerprint density at radius 2 is 1.88 bits per heavy atom. The van der Waals surface area contributed by atoms with E-state index in [-0.39, 0.29) is 24.5 Å². The van der Waals surface area contributed by atoms with E-state index in [2.05, 4.69) is 5.92 Å². The van der Waals surface area contributed by atoms with Crippen LogP contribution in [0.5, 0.6) is 0 Å². The van der Waals surface area contributed by atoms with Crippen molar-refractivity contribution in [1.29, 1.82) is 0 Å². The molecule has 128 valence electrons. The molecular weight excluding hydrogens is 326 g/mol. The molecule has 1 fully saturated rings. The zero-order valence-corrected chi connectivity index (χ0v) is 14.4. The zero-order chi connectivity index (χ0) is 17.4. The molecule has 0 saturated carbocycles. The molecule has 0 atom stereocenters. The molecule has 24 heavy (non-hydrogen) atoms. The van der Waals surface area contributed by atoms with Gasteiger partial charge in [-0.05, 0) is 43.0 Å². The molecular formula is C19H22ClNO3. The predicted octanol–water partition coefficient (Wildman–Crippen LogP) is 3.19. The van der Waals surface area contributed by atoms with Gasteiger partial charge in [0.05, 0.1) is 6.61 Å². The lowest BCUT2D eigenvalue weighted by molar-refractivity contribution is -0.132. The van der Waals surface area contributed by atoms with Gasteiger partial charge in [0.25, 0.3) is 0 Å². The summed E-state index contributed by atoms with van der Waals surface area (Å²) in [5.74, 6) is 2.92. The molecule has 0 aromatic heterocycles. The van der Waals surface area contributed by atoms with Crippen LogP contribution in [0.4, 0.5) is 0 Å². The van der Waals surface area contributed by atoms with Crippen molar-refractivity contribution >= 4 is 23.3 Å². The summed E-state index contributed by atoms with van der Waals surface area (Å²) in [5.41, 5.74) is 0.594. The van der Waals surface area contributed by atoms with Gasteiger partial charge in [0.2, 0.25) is 5.91 Å².